The zero-order chi connectivity index (χ0) is 19.5. The highest BCUT2D eigenvalue weighted by Gasteiger charge is 2.42. The van der Waals surface area contributed by atoms with E-state index in [0.29, 0.717) is 12.1 Å². The van der Waals surface area contributed by atoms with Gasteiger partial charge in [0.25, 0.3) is 5.91 Å². The van der Waals surface area contributed by atoms with E-state index in [2.05, 4.69) is 10.3 Å². The summed E-state index contributed by atoms with van der Waals surface area (Å²) >= 11 is 0. The summed E-state index contributed by atoms with van der Waals surface area (Å²) in [6.07, 6.45) is 3.44. The minimum atomic E-state index is -0.488. The van der Waals surface area contributed by atoms with Crippen LogP contribution in [0.25, 0.3) is 0 Å². The van der Waals surface area contributed by atoms with Crippen LogP contribution in [-0.2, 0) is 11.3 Å². The monoisotopic (exact) mass is 371 g/mol. The minimum absolute atomic E-state index is 0.0687. The van der Waals surface area contributed by atoms with E-state index in [4.69, 9.17) is 0 Å². The van der Waals surface area contributed by atoms with Gasteiger partial charge in [-0.05, 0) is 28.8 Å². The predicted octanol–water partition coefficient (Wildman–Crippen LogP) is 3.31. The number of likely N-dealkylation sites (N-methyl/N-ethyl adjacent to an activating group) is 1. The molecule has 140 valence electrons. The number of carbonyl (C=O) groups is 2. The third-order valence-electron chi connectivity index (χ3n) is 5.19. The molecule has 0 bridgehead atoms. The summed E-state index contributed by atoms with van der Waals surface area (Å²) in [6.45, 7) is 0.393. The minimum Gasteiger partial charge on any atom is -0.351 e. The fraction of sp³-hybridized carbons (Fsp3) is 0.174. The number of aromatic nitrogens is 1. The summed E-state index contributed by atoms with van der Waals surface area (Å²) in [6, 6.07) is 20.5. The van der Waals surface area contributed by atoms with Crippen LogP contribution in [0.3, 0.4) is 0 Å². The van der Waals surface area contributed by atoms with Gasteiger partial charge in [0.05, 0.1) is 12.0 Å². The van der Waals surface area contributed by atoms with Gasteiger partial charge in [-0.15, -0.1) is 0 Å². The van der Waals surface area contributed by atoms with E-state index in [1.807, 2.05) is 60.7 Å². The molecule has 0 fully saturated rings. The second-order valence-corrected chi connectivity index (χ2v) is 6.92. The zero-order valence-electron chi connectivity index (χ0n) is 15.6. The molecule has 28 heavy (non-hydrogen) atoms. The van der Waals surface area contributed by atoms with Crippen LogP contribution in [0, 0.1) is 0 Å². The predicted molar refractivity (Wildman–Crippen MR) is 107 cm³/mol. The Kier molecular flexibility index (Phi) is 4.89. The first-order valence-electron chi connectivity index (χ1n) is 9.24. The van der Waals surface area contributed by atoms with E-state index in [1.165, 1.54) is 0 Å². The summed E-state index contributed by atoms with van der Waals surface area (Å²) < 4.78 is 0. The van der Waals surface area contributed by atoms with Crippen molar-refractivity contribution in [2.45, 2.75) is 18.5 Å². The van der Waals surface area contributed by atoms with Crippen molar-refractivity contribution in [1.82, 2.24) is 15.2 Å². The fourth-order valence-electron chi connectivity index (χ4n) is 3.83. The highest BCUT2D eigenvalue weighted by molar-refractivity contribution is 6.01. The van der Waals surface area contributed by atoms with E-state index < -0.39 is 5.92 Å². The van der Waals surface area contributed by atoms with Crippen LogP contribution < -0.4 is 5.32 Å². The first-order valence-corrected chi connectivity index (χ1v) is 9.24. The van der Waals surface area contributed by atoms with Crippen LogP contribution in [0.1, 0.15) is 39.0 Å². The molecule has 2 atom stereocenters. The number of hydrogen-bond acceptors (Lipinski definition) is 3. The van der Waals surface area contributed by atoms with E-state index >= 15 is 0 Å². The normalized spacial score (nSPS) is 18.5. The number of nitrogens with zero attached hydrogens (tertiary/aromatic N) is 2. The van der Waals surface area contributed by atoms with Gasteiger partial charge in [0.15, 0.2) is 0 Å². The third kappa shape index (κ3) is 3.27. The Morgan fingerprint density at radius 3 is 2.54 bits per heavy atom. The number of benzene rings is 2. The van der Waals surface area contributed by atoms with Crippen molar-refractivity contribution >= 4 is 11.8 Å². The molecule has 0 saturated heterocycles. The van der Waals surface area contributed by atoms with Crippen molar-refractivity contribution in [3.8, 4) is 0 Å². The molecule has 0 aliphatic carbocycles. The van der Waals surface area contributed by atoms with Crippen LogP contribution in [0.5, 0.6) is 0 Å². The van der Waals surface area contributed by atoms with Gasteiger partial charge in [-0.25, -0.2) is 0 Å². The van der Waals surface area contributed by atoms with Crippen LogP contribution in [0.4, 0.5) is 0 Å². The fourth-order valence-corrected chi connectivity index (χ4v) is 3.83. The molecule has 2 amide bonds. The molecule has 5 heteroatoms. The first-order chi connectivity index (χ1) is 13.7. The standard InChI is InChI=1S/C23H21N3O2/c1-26-21(17-9-3-2-4-10-17)20(18-11-5-6-12-19(18)23(26)28)22(27)25-15-16-8-7-13-24-14-16/h2-14,20-21H,15H2,1H3,(H,25,27). The lowest BCUT2D eigenvalue weighted by Gasteiger charge is -2.39. The Morgan fingerprint density at radius 1 is 1.04 bits per heavy atom. The highest BCUT2D eigenvalue weighted by atomic mass is 16.2. The molecule has 2 unspecified atom stereocenters. The quantitative estimate of drug-likeness (QED) is 0.765. The molecule has 1 N–H and O–H groups in total. The maximum absolute atomic E-state index is 13.3. The maximum atomic E-state index is 13.3. The summed E-state index contributed by atoms with van der Waals surface area (Å²) in [5.74, 6) is -0.664. The molecule has 0 saturated carbocycles. The molecule has 4 rings (SSSR count). The topological polar surface area (TPSA) is 62.3 Å². The summed E-state index contributed by atoms with van der Waals surface area (Å²) in [5, 5.41) is 3.03. The lowest BCUT2D eigenvalue weighted by molar-refractivity contribution is -0.124. The van der Waals surface area contributed by atoms with Crippen LogP contribution in [-0.4, -0.2) is 28.7 Å². The molecule has 1 aliphatic rings. The van der Waals surface area contributed by atoms with Crippen molar-refractivity contribution < 1.29 is 9.59 Å². The molecule has 0 spiro atoms. The van der Waals surface area contributed by atoms with Crippen molar-refractivity contribution in [1.29, 1.82) is 0 Å². The summed E-state index contributed by atoms with van der Waals surface area (Å²) in [5.41, 5.74) is 3.22. The Labute approximate surface area is 164 Å². The van der Waals surface area contributed by atoms with Crippen LogP contribution >= 0.6 is 0 Å². The molecule has 2 heterocycles. The molecule has 1 aromatic heterocycles. The largest absolute Gasteiger partial charge is 0.351 e. The van der Waals surface area contributed by atoms with Gasteiger partial charge in [0.2, 0.25) is 5.91 Å². The highest BCUT2D eigenvalue weighted by Crippen LogP contribution is 2.41. The number of hydrogen-bond donors (Lipinski definition) is 1. The zero-order valence-corrected chi connectivity index (χ0v) is 15.6. The van der Waals surface area contributed by atoms with Crippen LogP contribution in [0.15, 0.2) is 79.1 Å². The van der Waals surface area contributed by atoms with E-state index in [1.54, 1.807) is 30.4 Å². The molecular weight excluding hydrogens is 350 g/mol. The average Bonchev–Trinajstić information content (AvgIpc) is 2.75. The molecular formula is C23H21N3O2. The summed E-state index contributed by atoms with van der Waals surface area (Å²) in [4.78, 5) is 32.0. The van der Waals surface area contributed by atoms with Gasteiger partial charge in [0, 0.05) is 31.5 Å². The van der Waals surface area contributed by atoms with Gasteiger partial charge in [0.1, 0.15) is 0 Å². The molecule has 3 aromatic rings. The van der Waals surface area contributed by atoms with E-state index in [-0.39, 0.29) is 17.9 Å². The number of carbonyl (C=O) groups excluding carboxylic acids is 2. The lowest BCUT2D eigenvalue weighted by atomic mass is 9.79. The Morgan fingerprint density at radius 2 is 1.79 bits per heavy atom. The second kappa shape index (κ2) is 7.64. The molecule has 1 aliphatic heterocycles. The van der Waals surface area contributed by atoms with Gasteiger partial charge < -0.3 is 10.2 Å². The van der Waals surface area contributed by atoms with Gasteiger partial charge in [-0.3, -0.25) is 14.6 Å². The average molecular weight is 371 g/mol. The lowest BCUT2D eigenvalue weighted by Crippen LogP contribution is -2.45. The summed E-state index contributed by atoms with van der Waals surface area (Å²) in [7, 11) is 1.76. The number of fused-ring (bicyclic) bond motifs is 1. The number of rotatable bonds is 4. The Hall–Kier alpha value is -3.47. The van der Waals surface area contributed by atoms with E-state index in [0.717, 1.165) is 16.7 Å². The molecule has 0 radical (unpaired) electrons. The second-order valence-electron chi connectivity index (χ2n) is 6.92. The Bertz CT molecular complexity index is 989. The molecule has 5 nitrogen and oxygen atoms in total. The van der Waals surface area contributed by atoms with Crippen molar-refractivity contribution in [2.75, 3.05) is 7.05 Å². The van der Waals surface area contributed by atoms with Gasteiger partial charge in [-0.1, -0.05) is 54.6 Å². The smallest absolute Gasteiger partial charge is 0.254 e. The van der Waals surface area contributed by atoms with Gasteiger partial charge in [-0.2, -0.15) is 0 Å². The molecule has 2 aromatic carbocycles. The Balaban J connectivity index is 1.72. The number of pyridine rings is 1. The van der Waals surface area contributed by atoms with Crippen molar-refractivity contribution in [2.24, 2.45) is 0 Å². The number of amides is 2. The maximum Gasteiger partial charge on any atom is 0.254 e. The number of nitrogens with one attached hydrogen (secondary N) is 1. The van der Waals surface area contributed by atoms with Crippen molar-refractivity contribution in [3.05, 3.63) is 101 Å². The van der Waals surface area contributed by atoms with Crippen molar-refractivity contribution in [3.63, 3.8) is 0 Å². The van der Waals surface area contributed by atoms with E-state index in [9.17, 15) is 9.59 Å². The third-order valence-corrected chi connectivity index (χ3v) is 5.19. The van der Waals surface area contributed by atoms with Gasteiger partial charge >= 0.3 is 0 Å². The first kappa shape index (κ1) is 17.9. The SMILES string of the molecule is CN1C(=O)c2ccccc2C(C(=O)NCc2cccnc2)C1c1ccccc1. The van der Waals surface area contributed by atoms with Crippen LogP contribution in [0.2, 0.25) is 0 Å².